The average molecular weight is 312 g/mol. The SMILES string of the molecule is Fc1ccccc1NC(=S)N/N=C/c1c[nH]c2ccccc12. The number of rotatable bonds is 3. The van der Waals surface area contributed by atoms with Gasteiger partial charge < -0.3 is 10.3 Å². The first-order valence-corrected chi connectivity index (χ1v) is 7.05. The van der Waals surface area contributed by atoms with Gasteiger partial charge in [0.25, 0.3) is 0 Å². The van der Waals surface area contributed by atoms with E-state index in [2.05, 4.69) is 20.8 Å². The number of thiocarbonyl (C=S) groups is 1. The summed E-state index contributed by atoms with van der Waals surface area (Å²) in [6.07, 6.45) is 3.53. The monoisotopic (exact) mass is 312 g/mol. The van der Waals surface area contributed by atoms with Crippen LogP contribution in [0.15, 0.2) is 59.8 Å². The molecule has 0 aliphatic carbocycles. The van der Waals surface area contributed by atoms with Crippen LogP contribution in [0.25, 0.3) is 10.9 Å². The molecule has 6 heteroatoms. The molecule has 2 aromatic carbocycles. The molecule has 0 aliphatic rings. The summed E-state index contributed by atoms with van der Waals surface area (Å²) >= 11 is 5.08. The minimum Gasteiger partial charge on any atom is -0.361 e. The number of anilines is 1. The number of nitrogens with zero attached hydrogens (tertiary/aromatic N) is 1. The summed E-state index contributed by atoms with van der Waals surface area (Å²) in [5, 5.41) is 8.11. The van der Waals surface area contributed by atoms with E-state index in [1.165, 1.54) is 6.07 Å². The first kappa shape index (κ1) is 14.2. The summed E-state index contributed by atoms with van der Waals surface area (Å²) in [6, 6.07) is 14.2. The highest BCUT2D eigenvalue weighted by Crippen LogP contribution is 2.15. The highest BCUT2D eigenvalue weighted by Gasteiger charge is 2.02. The third kappa shape index (κ3) is 3.12. The van der Waals surface area contributed by atoms with Gasteiger partial charge in [-0.05, 0) is 30.4 Å². The minimum absolute atomic E-state index is 0.223. The maximum absolute atomic E-state index is 13.5. The van der Waals surface area contributed by atoms with Crippen LogP contribution in [0.3, 0.4) is 0 Å². The molecule has 110 valence electrons. The summed E-state index contributed by atoms with van der Waals surface area (Å²) in [6.45, 7) is 0. The number of hydrazone groups is 1. The van der Waals surface area contributed by atoms with E-state index in [0.717, 1.165) is 16.5 Å². The van der Waals surface area contributed by atoms with E-state index in [-0.39, 0.29) is 10.9 Å². The van der Waals surface area contributed by atoms with Crippen molar-refractivity contribution in [3.8, 4) is 0 Å². The Hall–Kier alpha value is -2.73. The van der Waals surface area contributed by atoms with Crippen molar-refractivity contribution in [1.29, 1.82) is 0 Å². The Morgan fingerprint density at radius 1 is 1.14 bits per heavy atom. The lowest BCUT2D eigenvalue weighted by Crippen LogP contribution is -2.24. The second kappa shape index (κ2) is 6.36. The number of halogens is 1. The molecule has 0 saturated carbocycles. The number of para-hydroxylation sites is 2. The lowest BCUT2D eigenvalue weighted by atomic mass is 10.2. The fourth-order valence-corrected chi connectivity index (χ4v) is 2.24. The Morgan fingerprint density at radius 2 is 1.91 bits per heavy atom. The summed E-state index contributed by atoms with van der Waals surface area (Å²) in [5.74, 6) is -0.368. The Labute approximate surface area is 132 Å². The molecule has 0 bridgehead atoms. The van der Waals surface area contributed by atoms with Gasteiger partial charge >= 0.3 is 0 Å². The molecular weight excluding hydrogens is 299 g/mol. The van der Waals surface area contributed by atoms with Gasteiger partial charge in [0.1, 0.15) is 5.82 Å². The van der Waals surface area contributed by atoms with Crippen LogP contribution < -0.4 is 10.7 Å². The largest absolute Gasteiger partial charge is 0.361 e. The first-order valence-electron chi connectivity index (χ1n) is 6.65. The molecule has 0 radical (unpaired) electrons. The number of H-pyrrole nitrogens is 1. The smallest absolute Gasteiger partial charge is 0.191 e. The molecule has 3 rings (SSSR count). The molecule has 22 heavy (non-hydrogen) atoms. The van der Waals surface area contributed by atoms with Gasteiger partial charge in [-0.3, -0.25) is 5.43 Å². The fourth-order valence-electron chi connectivity index (χ4n) is 2.07. The Kier molecular flexibility index (Phi) is 4.11. The number of aromatic nitrogens is 1. The van der Waals surface area contributed by atoms with Crippen LogP contribution in [0.1, 0.15) is 5.56 Å². The zero-order chi connectivity index (χ0) is 15.4. The number of hydrogen-bond acceptors (Lipinski definition) is 2. The van der Waals surface area contributed by atoms with Crippen molar-refractivity contribution < 1.29 is 4.39 Å². The molecule has 0 aliphatic heterocycles. The van der Waals surface area contributed by atoms with Crippen molar-refractivity contribution in [2.75, 3.05) is 5.32 Å². The number of benzene rings is 2. The average Bonchev–Trinajstić information content (AvgIpc) is 2.93. The maximum Gasteiger partial charge on any atom is 0.191 e. The highest BCUT2D eigenvalue weighted by molar-refractivity contribution is 7.80. The van der Waals surface area contributed by atoms with E-state index in [0.29, 0.717) is 5.69 Å². The second-order valence-corrected chi connectivity index (χ2v) is 5.00. The molecule has 0 unspecified atom stereocenters. The molecule has 0 spiro atoms. The van der Waals surface area contributed by atoms with Crippen LogP contribution in [0.4, 0.5) is 10.1 Å². The fraction of sp³-hybridized carbons (Fsp3) is 0. The molecular formula is C16H13FN4S. The zero-order valence-electron chi connectivity index (χ0n) is 11.5. The molecule has 3 N–H and O–H groups in total. The van der Waals surface area contributed by atoms with Crippen molar-refractivity contribution in [3.63, 3.8) is 0 Å². The van der Waals surface area contributed by atoms with Gasteiger partial charge in [0.2, 0.25) is 0 Å². The van der Waals surface area contributed by atoms with E-state index in [4.69, 9.17) is 12.2 Å². The Morgan fingerprint density at radius 3 is 2.77 bits per heavy atom. The van der Waals surface area contributed by atoms with Gasteiger partial charge in [-0.25, -0.2) is 4.39 Å². The number of nitrogens with one attached hydrogen (secondary N) is 3. The molecule has 0 saturated heterocycles. The molecule has 1 aromatic heterocycles. The Balaban J connectivity index is 1.65. The predicted molar refractivity (Wildman–Crippen MR) is 91.6 cm³/mol. The van der Waals surface area contributed by atoms with Crippen LogP contribution in [-0.2, 0) is 0 Å². The van der Waals surface area contributed by atoms with E-state index in [1.54, 1.807) is 24.4 Å². The normalized spacial score (nSPS) is 11.0. The van der Waals surface area contributed by atoms with Crippen molar-refractivity contribution in [1.82, 2.24) is 10.4 Å². The second-order valence-electron chi connectivity index (χ2n) is 4.59. The van der Waals surface area contributed by atoms with Crippen molar-refractivity contribution in [2.24, 2.45) is 5.10 Å². The van der Waals surface area contributed by atoms with E-state index < -0.39 is 0 Å². The number of fused-ring (bicyclic) bond motifs is 1. The maximum atomic E-state index is 13.5. The summed E-state index contributed by atoms with van der Waals surface area (Å²) < 4.78 is 13.5. The summed E-state index contributed by atoms with van der Waals surface area (Å²) in [7, 11) is 0. The van der Waals surface area contributed by atoms with E-state index >= 15 is 0 Å². The third-order valence-electron chi connectivity index (χ3n) is 3.11. The standard InChI is InChI=1S/C16H13FN4S/c17-13-6-2-4-8-15(13)20-16(22)21-19-10-11-9-18-14-7-3-1-5-12(11)14/h1-10,18H,(H2,20,21,22)/b19-10+. The van der Waals surface area contributed by atoms with Crippen molar-refractivity contribution >= 4 is 40.1 Å². The first-order chi connectivity index (χ1) is 10.7. The van der Waals surface area contributed by atoms with E-state index in [1.807, 2.05) is 30.5 Å². The highest BCUT2D eigenvalue weighted by atomic mass is 32.1. The number of hydrogen-bond donors (Lipinski definition) is 3. The molecule has 0 atom stereocenters. The predicted octanol–water partition coefficient (Wildman–Crippen LogP) is 3.63. The topological polar surface area (TPSA) is 52.2 Å². The molecule has 1 heterocycles. The molecule has 0 fully saturated rings. The number of aromatic amines is 1. The van der Waals surface area contributed by atoms with Gasteiger partial charge in [-0.2, -0.15) is 5.10 Å². The Bertz CT molecular complexity index is 841. The van der Waals surface area contributed by atoms with Crippen LogP contribution in [0.2, 0.25) is 0 Å². The summed E-state index contributed by atoms with van der Waals surface area (Å²) in [5.41, 5.74) is 4.96. The molecule has 3 aromatic rings. The minimum atomic E-state index is -0.368. The van der Waals surface area contributed by atoms with Gasteiger partial charge in [-0.15, -0.1) is 0 Å². The van der Waals surface area contributed by atoms with Crippen molar-refractivity contribution in [2.45, 2.75) is 0 Å². The molecule has 4 nitrogen and oxygen atoms in total. The van der Waals surface area contributed by atoms with Crippen LogP contribution in [-0.4, -0.2) is 16.3 Å². The van der Waals surface area contributed by atoms with Gasteiger partial charge in [0.05, 0.1) is 11.9 Å². The van der Waals surface area contributed by atoms with Gasteiger partial charge in [0.15, 0.2) is 5.11 Å². The van der Waals surface area contributed by atoms with Crippen molar-refractivity contribution in [3.05, 3.63) is 66.1 Å². The van der Waals surface area contributed by atoms with Crippen LogP contribution in [0.5, 0.6) is 0 Å². The third-order valence-corrected chi connectivity index (χ3v) is 3.31. The van der Waals surface area contributed by atoms with E-state index in [9.17, 15) is 4.39 Å². The lowest BCUT2D eigenvalue weighted by Gasteiger charge is -2.07. The lowest BCUT2D eigenvalue weighted by molar-refractivity contribution is 0.632. The quantitative estimate of drug-likeness (QED) is 0.393. The van der Waals surface area contributed by atoms with Gasteiger partial charge in [-0.1, -0.05) is 30.3 Å². The van der Waals surface area contributed by atoms with Gasteiger partial charge in [0, 0.05) is 22.7 Å². The summed E-state index contributed by atoms with van der Waals surface area (Å²) in [4.78, 5) is 3.16. The zero-order valence-corrected chi connectivity index (χ0v) is 12.3. The van der Waals surface area contributed by atoms with Crippen LogP contribution in [0, 0.1) is 5.82 Å². The van der Waals surface area contributed by atoms with Crippen LogP contribution >= 0.6 is 12.2 Å². The molecule has 0 amide bonds.